The Labute approximate surface area is 114 Å². The molecule has 2 rings (SSSR count). The van der Waals surface area contributed by atoms with E-state index in [-0.39, 0.29) is 17.9 Å². The second-order valence-electron chi connectivity index (χ2n) is 6.00. The number of benzene rings is 1. The van der Waals surface area contributed by atoms with E-state index in [1.807, 2.05) is 38.1 Å². The van der Waals surface area contributed by atoms with Crippen molar-refractivity contribution in [2.24, 2.45) is 5.41 Å². The molecule has 1 fully saturated rings. The summed E-state index contributed by atoms with van der Waals surface area (Å²) in [6.45, 7) is 4.77. The van der Waals surface area contributed by atoms with E-state index in [1.54, 1.807) is 0 Å². The summed E-state index contributed by atoms with van der Waals surface area (Å²) < 4.78 is 0. The van der Waals surface area contributed by atoms with Crippen LogP contribution < -0.4 is 10.6 Å². The molecule has 4 nitrogen and oxygen atoms in total. The molecule has 0 unspecified atom stereocenters. The molecule has 0 atom stereocenters. The van der Waals surface area contributed by atoms with Crippen molar-refractivity contribution in [1.29, 1.82) is 0 Å². The molecule has 1 saturated carbocycles. The van der Waals surface area contributed by atoms with Crippen molar-refractivity contribution in [3.63, 3.8) is 0 Å². The van der Waals surface area contributed by atoms with Gasteiger partial charge < -0.3 is 15.7 Å². The van der Waals surface area contributed by atoms with Crippen molar-refractivity contribution < 1.29 is 9.90 Å². The maximum atomic E-state index is 11.9. The Hall–Kier alpha value is -1.55. The van der Waals surface area contributed by atoms with Crippen LogP contribution in [0.25, 0.3) is 0 Å². The molecule has 19 heavy (non-hydrogen) atoms. The number of aliphatic hydroxyl groups excluding tert-OH is 1. The van der Waals surface area contributed by atoms with E-state index in [0.717, 1.165) is 18.5 Å². The van der Waals surface area contributed by atoms with Gasteiger partial charge in [0.1, 0.15) is 0 Å². The number of anilines is 1. The summed E-state index contributed by atoms with van der Waals surface area (Å²) in [4.78, 5) is 11.9. The number of carbonyl (C=O) groups is 1. The van der Waals surface area contributed by atoms with Crippen LogP contribution in [0.1, 0.15) is 37.0 Å². The maximum absolute atomic E-state index is 11.9. The van der Waals surface area contributed by atoms with Crippen LogP contribution >= 0.6 is 0 Å². The normalized spacial score (nSPS) is 15.1. The van der Waals surface area contributed by atoms with Gasteiger partial charge in [0.25, 0.3) is 5.91 Å². The van der Waals surface area contributed by atoms with E-state index in [4.69, 9.17) is 0 Å². The molecular formula is C15H22N2O2. The molecule has 0 aliphatic heterocycles. The molecule has 0 spiro atoms. The molecule has 0 radical (unpaired) electrons. The topological polar surface area (TPSA) is 61.4 Å². The van der Waals surface area contributed by atoms with Crippen molar-refractivity contribution >= 4 is 11.6 Å². The van der Waals surface area contributed by atoms with Gasteiger partial charge in [-0.15, -0.1) is 0 Å². The lowest BCUT2D eigenvalue weighted by atomic mass is 9.95. The van der Waals surface area contributed by atoms with Gasteiger partial charge in [-0.1, -0.05) is 19.9 Å². The number of aliphatic hydroxyl groups is 1. The smallest absolute Gasteiger partial charge is 0.251 e. The van der Waals surface area contributed by atoms with E-state index in [2.05, 4.69) is 10.6 Å². The lowest BCUT2D eigenvalue weighted by Crippen LogP contribution is -2.27. The largest absolute Gasteiger partial charge is 0.396 e. The molecule has 0 aromatic heterocycles. The Balaban J connectivity index is 1.96. The minimum atomic E-state index is -0.174. The van der Waals surface area contributed by atoms with Gasteiger partial charge in [0, 0.05) is 35.9 Å². The fourth-order valence-electron chi connectivity index (χ4n) is 1.66. The van der Waals surface area contributed by atoms with Crippen LogP contribution in [0.2, 0.25) is 0 Å². The zero-order valence-electron chi connectivity index (χ0n) is 11.6. The minimum absolute atomic E-state index is 0.00688. The SMILES string of the molecule is CC(C)(CO)CNc1cccc(C(=O)NC2CC2)c1. The van der Waals surface area contributed by atoms with Crippen molar-refractivity contribution in [3.05, 3.63) is 29.8 Å². The lowest BCUT2D eigenvalue weighted by molar-refractivity contribution is 0.0951. The van der Waals surface area contributed by atoms with Gasteiger partial charge in [-0.25, -0.2) is 0 Å². The molecule has 1 aliphatic rings. The fraction of sp³-hybridized carbons (Fsp3) is 0.533. The second kappa shape index (κ2) is 5.61. The van der Waals surface area contributed by atoms with E-state index in [0.29, 0.717) is 18.2 Å². The number of carbonyl (C=O) groups excluding carboxylic acids is 1. The van der Waals surface area contributed by atoms with Crippen LogP contribution in [-0.2, 0) is 0 Å². The molecule has 4 heteroatoms. The first-order chi connectivity index (χ1) is 9.00. The quantitative estimate of drug-likeness (QED) is 0.735. The third-order valence-corrected chi connectivity index (χ3v) is 3.24. The molecule has 1 amide bonds. The molecule has 104 valence electrons. The number of nitrogens with one attached hydrogen (secondary N) is 2. The Morgan fingerprint density at radius 2 is 2.16 bits per heavy atom. The highest BCUT2D eigenvalue weighted by Crippen LogP contribution is 2.20. The third kappa shape index (κ3) is 4.24. The third-order valence-electron chi connectivity index (χ3n) is 3.24. The average Bonchev–Trinajstić information content (AvgIpc) is 3.21. The molecule has 3 N–H and O–H groups in total. The summed E-state index contributed by atoms with van der Waals surface area (Å²) in [6, 6.07) is 7.85. The van der Waals surface area contributed by atoms with E-state index in [9.17, 15) is 9.90 Å². The Morgan fingerprint density at radius 1 is 1.42 bits per heavy atom. The first-order valence-electron chi connectivity index (χ1n) is 6.76. The molecule has 0 bridgehead atoms. The second-order valence-corrected chi connectivity index (χ2v) is 6.00. The molecule has 1 aromatic rings. The standard InChI is InChI=1S/C15H22N2O2/c1-15(2,10-18)9-16-13-5-3-4-11(8-13)14(19)17-12-6-7-12/h3-5,8,12,16,18H,6-7,9-10H2,1-2H3,(H,17,19). The first-order valence-corrected chi connectivity index (χ1v) is 6.76. The van der Waals surface area contributed by atoms with Gasteiger partial charge in [-0.05, 0) is 31.0 Å². The van der Waals surface area contributed by atoms with Crippen LogP contribution in [0, 0.1) is 5.41 Å². The summed E-state index contributed by atoms with van der Waals surface area (Å²) >= 11 is 0. The summed E-state index contributed by atoms with van der Waals surface area (Å²) in [5.74, 6) is -0.00688. The average molecular weight is 262 g/mol. The van der Waals surface area contributed by atoms with Crippen LogP contribution in [0.3, 0.4) is 0 Å². The summed E-state index contributed by atoms with van der Waals surface area (Å²) in [7, 11) is 0. The first kappa shape index (κ1) is 13.9. The Kier molecular flexibility index (Phi) is 4.10. The highest BCUT2D eigenvalue weighted by atomic mass is 16.3. The number of rotatable bonds is 6. The predicted molar refractivity (Wildman–Crippen MR) is 76.3 cm³/mol. The monoisotopic (exact) mass is 262 g/mol. The van der Waals surface area contributed by atoms with Gasteiger partial charge in [-0.3, -0.25) is 4.79 Å². The summed E-state index contributed by atoms with van der Waals surface area (Å²) in [6.07, 6.45) is 2.18. The summed E-state index contributed by atoms with van der Waals surface area (Å²) in [5, 5.41) is 15.5. The van der Waals surface area contributed by atoms with E-state index < -0.39 is 0 Å². The number of amides is 1. The molecule has 0 heterocycles. The van der Waals surface area contributed by atoms with Gasteiger partial charge in [0.15, 0.2) is 0 Å². The lowest BCUT2D eigenvalue weighted by Gasteiger charge is -2.22. The number of hydrogen-bond acceptors (Lipinski definition) is 3. The molecule has 0 saturated heterocycles. The van der Waals surface area contributed by atoms with Gasteiger partial charge in [0.05, 0.1) is 0 Å². The zero-order valence-corrected chi connectivity index (χ0v) is 11.6. The number of hydrogen-bond donors (Lipinski definition) is 3. The van der Waals surface area contributed by atoms with Crippen molar-refractivity contribution in [2.75, 3.05) is 18.5 Å². The fourth-order valence-corrected chi connectivity index (χ4v) is 1.66. The van der Waals surface area contributed by atoms with Crippen LogP contribution in [0.4, 0.5) is 5.69 Å². The maximum Gasteiger partial charge on any atom is 0.251 e. The summed E-state index contributed by atoms with van der Waals surface area (Å²) in [5.41, 5.74) is 1.41. The predicted octanol–water partition coefficient (Wildman–Crippen LogP) is 2.01. The Bertz CT molecular complexity index is 453. The van der Waals surface area contributed by atoms with Crippen molar-refractivity contribution in [2.45, 2.75) is 32.7 Å². The van der Waals surface area contributed by atoms with Crippen LogP contribution in [-0.4, -0.2) is 30.2 Å². The highest BCUT2D eigenvalue weighted by molar-refractivity contribution is 5.95. The van der Waals surface area contributed by atoms with Gasteiger partial charge >= 0.3 is 0 Å². The van der Waals surface area contributed by atoms with E-state index >= 15 is 0 Å². The van der Waals surface area contributed by atoms with Gasteiger partial charge in [0.2, 0.25) is 0 Å². The van der Waals surface area contributed by atoms with Crippen molar-refractivity contribution in [3.8, 4) is 0 Å². The molecular weight excluding hydrogens is 240 g/mol. The van der Waals surface area contributed by atoms with Crippen molar-refractivity contribution in [1.82, 2.24) is 5.32 Å². The zero-order chi connectivity index (χ0) is 13.9. The van der Waals surface area contributed by atoms with Gasteiger partial charge in [-0.2, -0.15) is 0 Å². The van der Waals surface area contributed by atoms with Crippen LogP contribution in [0.15, 0.2) is 24.3 Å². The van der Waals surface area contributed by atoms with Crippen LogP contribution in [0.5, 0.6) is 0 Å². The van der Waals surface area contributed by atoms with E-state index in [1.165, 1.54) is 0 Å². The molecule has 1 aliphatic carbocycles. The Morgan fingerprint density at radius 3 is 2.79 bits per heavy atom. The highest BCUT2D eigenvalue weighted by Gasteiger charge is 2.23. The minimum Gasteiger partial charge on any atom is -0.396 e. The molecule has 1 aromatic carbocycles.